The predicted octanol–water partition coefficient (Wildman–Crippen LogP) is 4.27. The molecule has 0 saturated carbocycles. The average molecular weight is 285 g/mol. The first kappa shape index (κ1) is 14.1. The summed E-state index contributed by atoms with van der Waals surface area (Å²) in [6.07, 6.45) is 0.593. The number of nitrogens with two attached hydrogens (primary N) is 1. The number of benzene rings is 2. The second-order valence-corrected chi connectivity index (χ2v) is 5.92. The van der Waals surface area contributed by atoms with E-state index in [0.717, 1.165) is 11.1 Å². The number of rotatable bonds is 1. The Morgan fingerprint density at radius 3 is 2.48 bits per heavy atom. The summed E-state index contributed by atoms with van der Waals surface area (Å²) >= 11 is 0. The molecule has 0 aromatic heterocycles. The second-order valence-electron chi connectivity index (χ2n) is 5.92. The smallest absolute Gasteiger partial charge is 0.127 e. The summed E-state index contributed by atoms with van der Waals surface area (Å²) in [6, 6.07) is 8.79. The highest BCUT2D eigenvalue weighted by molar-refractivity contribution is 5.42. The Bertz CT molecular complexity index is 696. The zero-order valence-corrected chi connectivity index (χ0v) is 12.6. The molecule has 0 saturated heterocycles. The highest BCUT2D eigenvalue weighted by Gasteiger charge is 2.28. The number of aryl methyl sites for hydroxylation is 3. The highest BCUT2D eigenvalue weighted by Crippen LogP contribution is 2.41. The summed E-state index contributed by atoms with van der Waals surface area (Å²) in [5.41, 5.74) is 12.0. The number of hydrogen-bond acceptors (Lipinski definition) is 2. The van der Waals surface area contributed by atoms with Gasteiger partial charge >= 0.3 is 0 Å². The number of ether oxygens (including phenoxy) is 1. The van der Waals surface area contributed by atoms with Gasteiger partial charge in [0.2, 0.25) is 0 Å². The summed E-state index contributed by atoms with van der Waals surface area (Å²) < 4.78 is 19.5. The minimum atomic E-state index is -0.293. The lowest BCUT2D eigenvalue weighted by molar-refractivity contribution is 0.160. The fraction of sp³-hybridized carbons (Fsp3) is 0.333. The van der Waals surface area contributed by atoms with Crippen LogP contribution in [0.2, 0.25) is 0 Å². The molecule has 1 unspecified atom stereocenters. The Morgan fingerprint density at radius 2 is 1.71 bits per heavy atom. The van der Waals surface area contributed by atoms with Crippen molar-refractivity contribution in [1.82, 2.24) is 0 Å². The van der Waals surface area contributed by atoms with Gasteiger partial charge in [0.1, 0.15) is 17.7 Å². The van der Waals surface area contributed by atoms with Crippen LogP contribution in [0.3, 0.4) is 0 Å². The molecule has 0 fully saturated rings. The molecule has 0 radical (unpaired) electrons. The Morgan fingerprint density at radius 1 is 1.00 bits per heavy atom. The Kier molecular flexibility index (Phi) is 3.46. The van der Waals surface area contributed by atoms with Crippen LogP contribution in [0.1, 0.15) is 46.4 Å². The van der Waals surface area contributed by atoms with Gasteiger partial charge in [0.05, 0.1) is 0 Å². The molecule has 2 nitrogen and oxygen atoms in total. The van der Waals surface area contributed by atoms with E-state index in [2.05, 4.69) is 32.9 Å². The molecule has 0 spiro atoms. The number of fused-ring (bicyclic) bond motifs is 1. The van der Waals surface area contributed by atoms with Crippen LogP contribution >= 0.6 is 0 Å². The molecule has 1 aliphatic heterocycles. The van der Waals surface area contributed by atoms with Gasteiger partial charge in [-0.2, -0.15) is 0 Å². The van der Waals surface area contributed by atoms with E-state index in [0.29, 0.717) is 12.2 Å². The van der Waals surface area contributed by atoms with Crippen molar-refractivity contribution in [2.24, 2.45) is 5.73 Å². The van der Waals surface area contributed by atoms with Crippen LogP contribution < -0.4 is 10.5 Å². The third-order valence-corrected chi connectivity index (χ3v) is 4.34. The van der Waals surface area contributed by atoms with Crippen molar-refractivity contribution in [1.29, 1.82) is 0 Å². The SMILES string of the molecule is Cc1cc(C)c(C2C[C@@H](N)c3ccc(F)cc3O2)cc1C. The third-order valence-electron chi connectivity index (χ3n) is 4.34. The van der Waals surface area contributed by atoms with Gasteiger partial charge in [-0.1, -0.05) is 18.2 Å². The predicted molar refractivity (Wildman–Crippen MR) is 82.0 cm³/mol. The van der Waals surface area contributed by atoms with E-state index >= 15 is 0 Å². The fourth-order valence-corrected chi connectivity index (χ4v) is 3.00. The van der Waals surface area contributed by atoms with E-state index in [1.807, 2.05) is 0 Å². The van der Waals surface area contributed by atoms with Crippen LogP contribution in [0.25, 0.3) is 0 Å². The molecule has 1 heterocycles. The van der Waals surface area contributed by atoms with Gasteiger partial charge < -0.3 is 10.5 Å². The first-order chi connectivity index (χ1) is 9.95. The standard InChI is InChI=1S/C18H20FNO/c1-10-6-12(3)15(7-11(10)2)18-9-16(20)14-5-4-13(19)8-17(14)21-18/h4-8,16,18H,9,20H2,1-3H3/t16-,18?/m1/s1. The zero-order valence-electron chi connectivity index (χ0n) is 12.6. The number of halogens is 1. The lowest BCUT2D eigenvalue weighted by atomic mass is 9.90. The molecule has 21 heavy (non-hydrogen) atoms. The van der Waals surface area contributed by atoms with Crippen molar-refractivity contribution in [3.05, 3.63) is 64.0 Å². The molecule has 0 amide bonds. The van der Waals surface area contributed by atoms with Crippen molar-refractivity contribution in [2.75, 3.05) is 0 Å². The van der Waals surface area contributed by atoms with Crippen LogP contribution in [-0.4, -0.2) is 0 Å². The van der Waals surface area contributed by atoms with Crippen molar-refractivity contribution < 1.29 is 9.13 Å². The summed E-state index contributed by atoms with van der Waals surface area (Å²) in [6.45, 7) is 6.27. The lowest BCUT2D eigenvalue weighted by Gasteiger charge is -2.31. The maximum atomic E-state index is 13.4. The third kappa shape index (κ3) is 2.54. The van der Waals surface area contributed by atoms with E-state index in [1.165, 1.54) is 28.8 Å². The molecular weight excluding hydrogens is 265 g/mol. The van der Waals surface area contributed by atoms with Gasteiger partial charge in [-0.15, -0.1) is 0 Å². The summed E-state index contributed by atoms with van der Waals surface area (Å²) in [4.78, 5) is 0. The second kappa shape index (κ2) is 5.15. The topological polar surface area (TPSA) is 35.2 Å². The van der Waals surface area contributed by atoms with E-state index in [4.69, 9.17) is 10.5 Å². The molecule has 0 bridgehead atoms. The monoisotopic (exact) mass is 285 g/mol. The van der Waals surface area contributed by atoms with Crippen LogP contribution in [0.5, 0.6) is 5.75 Å². The van der Waals surface area contributed by atoms with E-state index in [9.17, 15) is 4.39 Å². The van der Waals surface area contributed by atoms with Gasteiger partial charge in [-0.05, 0) is 49.1 Å². The van der Waals surface area contributed by atoms with Crippen LogP contribution in [0, 0.1) is 26.6 Å². The minimum absolute atomic E-state index is 0.117. The maximum absolute atomic E-state index is 13.4. The molecule has 110 valence electrons. The van der Waals surface area contributed by atoms with E-state index in [1.54, 1.807) is 6.07 Å². The van der Waals surface area contributed by atoms with Gasteiger partial charge in [-0.25, -0.2) is 4.39 Å². The van der Waals surface area contributed by atoms with E-state index in [-0.39, 0.29) is 18.0 Å². The van der Waals surface area contributed by atoms with Crippen molar-refractivity contribution >= 4 is 0 Å². The lowest BCUT2D eigenvalue weighted by Crippen LogP contribution is -2.24. The maximum Gasteiger partial charge on any atom is 0.127 e. The summed E-state index contributed by atoms with van der Waals surface area (Å²) in [5.74, 6) is 0.273. The van der Waals surface area contributed by atoms with Crippen LogP contribution in [0.15, 0.2) is 30.3 Å². The van der Waals surface area contributed by atoms with E-state index < -0.39 is 0 Å². The van der Waals surface area contributed by atoms with Gasteiger partial charge in [0, 0.05) is 24.1 Å². The Balaban J connectivity index is 2.01. The molecule has 2 aromatic carbocycles. The fourth-order valence-electron chi connectivity index (χ4n) is 3.00. The normalized spacial score (nSPS) is 20.8. The largest absolute Gasteiger partial charge is 0.485 e. The molecule has 1 aliphatic rings. The molecular formula is C18H20FNO. The van der Waals surface area contributed by atoms with Crippen molar-refractivity contribution in [2.45, 2.75) is 39.3 Å². The first-order valence-electron chi connectivity index (χ1n) is 7.25. The number of hydrogen-bond donors (Lipinski definition) is 1. The average Bonchev–Trinajstić information content (AvgIpc) is 2.42. The highest BCUT2D eigenvalue weighted by atomic mass is 19.1. The van der Waals surface area contributed by atoms with Gasteiger partial charge in [0.15, 0.2) is 0 Å². The van der Waals surface area contributed by atoms with Crippen LogP contribution in [-0.2, 0) is 0 Å². The molecule has 3 heteroatoms. The quantitative estimate of drug-likeness (QED) is 0.849. The molecule has 2 N–H and O–H groups in total. The zero-order chi connectivity index (χ0) is 15.1. The Labute approximate surface area is 124 Å². The molecule has 2 aromatic rings. The molecule has 0 aliphatic carbocycles. The minimum Gasteiger partial charge on any atom is -0.485 e. The Hall–Kier alpha value is -1.87. The summed E-state index contributed by atoms with van der Waals surface area (Å²) in [7, 11) is 0. The van der Waals surface area contributed by atoms with Gasteiger partial charge in [0.25, 0.3) is 0 Å². The van der Waals surface area contributed by atoms with Crippen molar-refractivity contribution in [3.63, 3.8) is 0 Å². The van der Waals surface area contributed by atoms with Crippen molar-refractivity contribution in [3.8, 4) is 5.75 Å². The van der Waals surface area contributed by atoms with Gasteiger partial charge in [-0.3, -0.25) is 0 Å². The molecule has 2 atom stereocenters. The molecule has 3 rings (SSSR count). The first-order valence-corrected chi connectivity index (χ1v) is 7.25. The summed E-state index contributed by atoms with van der Waals surface area (Å²) in [5, 5.41) is 0. The van der Waals surface area contributed by atoms with Crippen LogP contribution in [0.4, 0.5) is 4.39 Å².